The van der Waals surface area contributed by atoms with Gasteiger partial charge in [-0.15, -0.1) is 0 Å². The first kappa shape index (κ1) is 15.2. The molecule has 0 aliphatic heterocycles. The molecule has 110 valence electrons. The van der Waals surface area contributed by atoms with E-state index in [9.17, 15) is 4.79 Å². The van der Waals surface area contributed by atoms with Crippen LogP contribution in [-0.2, 0) is 5.41 Å². The van der Waals surface area contributed by atoms with Crippen molar-refractivity contribution in [1.29, 1.82) is 0 Å². The van der Waals surface area contributed by atoms with Crippen LogP contribution in [0, 0.1) is 6.92 Å². The highest BCUT2D eigenvalue weighted by Crippen LogP contribution is 2.23. The smallest absolute Gasteiger partial charge is 0.255 e. The molecule has 1 heterocycles. The van der Waals surface area contributed by atoms with Crippen molar-refractivity contribution < 1.29 is 4.79 Å². The fraction of sp³-hybridized carbons (Fsp3) is 0.294. The molecule has 0 fully saturated rings. The lowest BCUT2D eigenvalue weighted by atomic mass is 9.85. The Morgan fingerprint density at radius 3 is 2.48 bits per heavy atom. The van der Waals surface area contributed by atoms with Crippen LogP contribution in [-0.4, -0.2) is 17.4 Å². The lowest BCUT2D eigenvalue weighted by molar-refractivity contribution is 0.102. The standard InChI is InChI=1S/C17H21N3O/c1-12-10-13(8-9-19-12)16(21)20-15-6-4-14(5-7-15)17(2,3)11-18/h4-10H,11,18H2,1-3H3,(H,20,21). The molecule has 2 aromatic rings. The van der Waals surface area contributed by atoms with Gasteiger partial charge in [-0.2, -0.15) is 0 Å². The number of carbonyl (C=O) groups is 1. The van der Waals surface area contributed by atoms with E-state index < -0.39 is 0 Å². The summed E-state index contributed by atoms with van der Waals surface area (Å²) in [6.07, 6.45) is 1.64. The summed E-state index contributed by atoms with van der Waals surface area (Å²) in [5, 5.41) is 2.88. The van der Waals surface area contributed by atoms with Gasteiger partial charge in [0.25, 0.3) is 5.91 Å². The Hall–Kier alpha value is -2.20. The molecule has 3 N–H and O–H groups in total. The van der Waals surface area contributed by atoms with Crippen molar-refractivity contribution >= 4 is 11.6 Å². The zero-order chi connectivity index (χ0) is 15.5. The molecule has 1 amide bonds. The topological polar surface area (TPSA) is 68.0 Å². The van der Waals surface area contributed by atoms with Gasteiger partial charge in [0.15, 0.2) is 0 Å². The van der Waals surface area contributed by atoms with E-state index in [4.69, 9.17) is 5.73 Å². The molecule has 0 saturated carbocycles. The molecule has 0 aliphatic rings. The fourth-order valence-corrected chi connectivity index (χ4v) is 2.01. The van der Waals surface area contributed by atoms with Crippen LogP contribution in [0.5, 0.6) is 0 Å². The number of nitrogens with zero attached hydrogens (tertiary/aromatic N) is 1. The minimum Gasteiger partial charge on any atom is -0.330 e. The fourth-order valence-electron chi connectivity index (χ4n) is 2.01. The zero-order valence-corrected chi connectivity index (χ0v) is 12.7. The first-order valence-electron chi connectivity index (χ1n) is 6.97. The number of anilines is 1. The van der Waals surface area contributed by atoms with Gasteiger partial charge < -0.3 is 11.1 Å². The lowest BCUT2D eigenvalue weighted by Gasteiger charge is -2.23. The number of aryl methyl sites for hydroxylation is 1. The summed E-state index contributed by atoms with van der Waals surface area (Å²) in [4.78, 5) is 16.2. The number of hydrogen-bond acceptors (Lipinski definition) is 3. The number of hydrogen-bond donors (Lipinski definition) is 2. The SMILES string of the molecule is Cc1cc(C(=O)Nc2ccc(C(C)(C)CN)cc2)ccn1. The van der Waals surface area contributed by atoms with Crippen molar-refractivity contribution in [3.8, 4) is 0 Å². The molecule has 2 rings (SSSR count). The number of amides is 1. The van der Waals surface area contributed by atoms with Crippen LogP contribution in [0.25, 0.3) is 0 Å². The zero-order valence-electron chi connectivity index (χ0n) is 12.7. The van der Waals surface area contributed by atoms with Gasteiger partial charge in [0.05, 0.1) is 0 Å². The second kappa shape index (κ2) is 6.06. The molecule has 4 heteroatoms. The number of pyridine rings is 1. The molecule has 0 unspecified atom stereocenters. The van der Waals surface area contributed by atoms with Gasteiger partial charge in [0.2, 0.25) is 0 Å². The Bertz CT molecular complexity index is 633. The summed E-state index contributed by atoms with van der Waals surface area (Å²) < 4.78 is 0. The third-order valence-electron chi connectivity index (χ3n) is 3.59. The highest BCUT2D eigenvalue weighted by molar-refractivity contribution is 6.04. The normalized spacial score (nSPS) is 11.2. The van der Waals surface area contributed by atoms with Crippen LogP contribution in [0.3, 0.4) is 0 Å². The van der Waals surface area contributed by atoms with E-state index in [1.807, 2.05) is 31.2 Å². The van der Waals surface area contributed by atoms with Gasteiger partial charge in [-0.25, -0.2) is 0 Å². The number of carbonyl (C=O) groups excluding carboxylic acids is 1. The first-order chi connectivity index (χ1) is 9.92. The maximum atomic E-state index is 12.1. The Kier molecular flexibility index (Phi) is 4.38. The molecule has 0 atom stereocenters. The van der Waals surface area contributed by atoms with Crippen molar-refractivity contribution in [1.82, 2.24) is 4.98 Å². The predicted molar refractivity (Wildman–Crippen MR) is 85.4 cm³/mol. The van der Waals surface area contributed by atoms with Crippen LogP contribution in [0.1, 0.15) is 35.5 Å². The van der Waals surface area contributed by atoms with Gasteiger partial charge >= 0.3 is 0 Å². The lowest BCUT2D eigenvalue weighted by Crippen LogP contribution is -2.27. The minimum atomic E-state index is -0.133. The molecule has 0 saturated heterocycles. The Labute approximate surface area is 125 Å². The van der Waals surface area contributed by atoms with Crippen molar-refractivity contribution in [2.45, 2.75) is 26.2 Å². The van der Waals surface area contributed by atoms with E-state index in [1.54, 1.807) is 18.3 Å². The molecule has 0 spiro atoms. The second-order valence-corrected chi connectivity index (χ2v) is 5.81. The number of aromatic nitrogens is 1. The van der Waals surface area contributed by atoms with Crippen molar-refractivity contribution in [2.24, 2.45) is 5.73 Å². The molecular formula is C17H21N3O. The predicted octanol–water partition coefficient (Wildman–Crippen LogP) is 2.88. The molecule has 4 nitrogen and oxygen atoms in total. The van der Waals surface area contributed by atoms with Gasteiger partial charge in [0, 0.05) is 35.1 Å². The number of rotatable bonds is 4. The first-order valence-corrected chi connectivity index (χ1v) is 6.97. The maximum absolute atomic E-state index is 12.1. The third-order valence-corrected chi connectivity index (χ3v) is 3.59. The molecule has 0 radical (unpaired) electrons. The van der Waals surface area contributed by atoms with Crippen LogP contribution in [0.4, 0.5) is 5.69 Å². The Morgan fingerprint density at radius 1 is 1.24 bits per heavy atom. The molecule has 21 heavy (non-hydrogen) atoms. The monoisotopic (exact) mass is 283 g/mol. The van der Waals surface area contributed by atoms with Crippen LogP contribution < -0.4 is 11.1 Å². The van der Waals surface area contributed by atoms with E-state index >= 15 is 0 Å². The highest BCUT2D eigenvalue weighted by atomic mass is 16.1. The average molecular weight is 283 g/mol. The molecular weight excluding hydrogens is 262 g/mol. The van der Waals surface area contributed by atoms with Crippen LogP contribution >= 0.6 is 0 Å². The maximum Gasteiger partial charge on any atom is 0.255 e. The number of benzene rings is 1. The second-order valence-electron chi connectivity index (χ2n) is 5.81. The largest absolute Gasteiger partial charge is 0.330 e. The van der Waals surface area contributed by atoms with Gasteiger partial charge in [0.1, 0.15) is 0 Å². The summed E-state index contributed by atoms with van der Waals surface area (Å²) >= 11 is 0. The number of nitrogens with one attached hydrogen (secondary N) is 1. The highest BCUT2D eigenvalue weighted by Gasteiger charge is 2.18. The van der Waals surface area contributed by atoms with Crippen molar-refractivity contribution in [2.75, 3.05) is 11.9 Å². The third kappa shape index (κ3) is 3.67. The van der Waals surface area contributed by atoms with Gasteiger partial charge in [-0.05, 0) is 36.8 Å². The van der Waals surface area contributed by atoms with E-state index in [0.29, 0.717) is 12.1 Å². The molecule has 0 bridgehead atoms. The van der Waals surface area contributed by atoms with E-state index in [-0.39, 0.29) is 11.3 Å². The summed E-state index contributed by atoms with van der Waals surface area (Å²) in [6.45, 7) is 6.64. The van der Waals surface area contributed by atoms with Crippen molar-refractivity contribution in [3.63, 3.8) is 0 Å². The van der Waals surface area contributed by atoms with Crippen LogP contribution in [0.15, 0.2) is 42.6 Å². The summed E-state index contributed by atoms with van der Waals surface area (Å²) in [5.74, 6) is -0.133. The van der Waals surface area contributed by atoms with E-state index in [0.717, 1.165) is 16.9 Å². The summed E-state index contributed by atoms with van der Waals surface area (Å²) in [6, 6.07) is 11.3. The molecule has 1 aromatic carbocycles. The summed E-state index contributed by atoms with van der Waals surface area (Å²) in [7, 11) is 0. The van der Waals surface area contributed by atoms with E-state index in [2.05, 4.69) is 24.1 Å². The molecule has 1 aromatic heterocycles. The minimum absolute atomic E-state index is 0.0647. The summed E-state index contributed by atoms with van der Waals surface area (Å²) in [5.41, 5.74) is 9.06. The van der Waals surface area contributed by atoms with Gasteiger partial charge in [-0.3, -0.25) is 9.78 Å². The quantitative estimate of drug-likeness (QED) is 0.906. The Balaban J connectivity index is 2.12. The number of nitrogens with two attached hydrogens (primary N) is 1. The van der Waals surface area contributed by atoms with Crippen molar-refractivity contribution in [3.05, 3.63) is 59.4 Å². The Morgan fingerprint density at radius 2 is 1.90 bits per heavy atom. The van der Waals surface area contributed by atoms with Crippen LogP contribution in [0.2, 0.25) is 0 Å². The molecule has 0 aliphatic carbocycles. The van der Waals surface area contributed by atoms with E-state index in [1.165, 1.54) is 0 Å². The van der Waals surface area contributed by atoms with Gasteiger partial charge in [-0.1, -0.05) is 26.0 Å². The average Bonchev–Trinajstić information content (AvgIpc) is 2.48.